The van der Waals surface area contributed by atoms with Gasteiger partial charge in [0.25, 0.3) is 0 Å². The number of likely N-dealkylation sites (N-methyl/N-ethyl adjacent to an activating group) is 1. The van der Waals surface area contributed by atoms with Crippen molar-refractivity contribution in [3.63, 3.8) is 0 Å². The maximum absolute atomic E-state index is 12.4. The normalized spacial score (nSPS) is 22.4. The quantitative estimate of drug-likeness (QED) is 0.848. The fourth-order valence-electron chi connectivity index (χ4n) is 2.38. The van der Waals surface area contributed by atoms with Gasteiger partial charge in [-0.15, -0.1) is 0 Å². The molecule has 0 aromatic carbocycles. The third kappa shape index (κ3) is 3.52. The predicted octanol–water partition coefficient (Wildman–Crippen LogP) is 0.665. The minimum Gasteiger partial charge on any atom is -0.379 e. The zero-order valence-corrected chi connectivity index (χ0v) is 11.5. The van der Waals surface area contributed by atoms with Crippen LogP contribution in [-0.4, -0.2) is 48.6 Å². The van der Waals surface area contributed by atoms with Gasteiger partial charge in [-0.05, 0) is 24.2 Å². The van der Waals surface area contributed by atoms with E-state index in [9.17, 15) is 4.79 Å². The van der Waals surface area contributed by atoms with Crippen LogP contribution in [0.3, 0.4) is 0 Å². The number of amides is 1. The summed E-state index contributed by atoms with van der Waals surface area (Å²) in [7, 11) is 1.84. The monoisotopic (exact) mass is 263 g/mol. The zero-order chi connectivity index (χ0) is 13.7. The number of pyridine rings is 1. The lowest BCUT2D eigenvalue weighted by Gasteiger charge is -2.24. The maximum atomic E-state index is 12.4. The molecule has 2 rings (SSSR count). The fourth-order valence-corrected chi connectivity index (χ4v) is 2.38. The van der Waals surface area contributed by atoms with E-state index in [0.717, 1.165) is 12.1 Å². The SMILES string of the molecule is CCNC1COCC1C(=O)N(C)Cc1ccncc1. The standard InChI is InChI=1S/C14H21N3O2/c1-3-16-13-10-19-9-12(13)14(18)17(2)8-11-4-6-15-7-5-11/h4-7,12-13,16H,3,8-10H2,1-2H3. The highest BCUT2D eigenvalue weighted by atomic mass is 16.5. The van der Waals surface area contributed by atoms with Gasteiger partial charge in [-0.2, -0.15) is 0 Å². The molecule has 1 fully saturated rings. The van der Waals surface area contributed by atoms with E-state index in [0.29, 0.717) is 19.8 Å². The lowest BCUT2D eigenvalue weighted by molar-refractivity contribution is -0.135. The average Bonchev–Trinajstić information content (AvgIpc) is 2.87. The molecule has 2 heterocycles. The Morgan fingerprint density at radius 3 is 2.89 bits per heavy atom. The van der Waals surface area contributed by atoms with Gasteiger partial charge in [0.05, 0.1) is 19.1 Å². The van der Waals surface area contributed by atoms with E-state index in [1.807, 2.05) is 26.1 Å². The molecular weight excluding hydrogens is 242 g/mol. The van der Waals surface area contributed by atoms with Crippen molar-refractivity contribution in [1.29, 1.82) is 0 Å². The van der Waals surface area contributed by atoms with Crippen molar-refractivity contribution in [3.8, 4) is 0 Å². The van der Waals surface area contributed by atoms with Gasteiger partial charge in [0, 0.05) is 32.0 Å². The van der Waals surface area contributed by atoms with E-state index in [2.05, 4.69) is 10.3 Å². The minimum atomic E-state index is -0.0770. The number of hydrogen-bond acceptors (Lipinski definition) is 4. The summed E-state index contributed by atoms with van der Waals surface area (Å²) in [6.07, 6.45) is 3.49. The number of rotatable bonds is 5. The van der Waals surface area contributed by atoms with Crippen LogP contribution in [0.4, 0.5) is 0 Å². The largest absolute Gasteiger partial charge is 0.379 e. The zero-order valence-electron chi connectivity index (χ0n) is 11.5. The molecule has 1 aliphatic rings. The molecule has 0 saturated carbocycles. The van der Waals surface area contributed by atoms with E-state index in [1.165, 1.54) is 0 Å². The Kier molecular flexibility index (Phi) is 4.87. The van der Waals surface area contributed by atoms with Gasteiger partial charge in [-0.1, -0.05) is 6.92 Å². The number of nitrogens with zero attached hydrogens (tertiary/aromatic N) is 2. The lowest BCUT2D eigenvalue weighted by Crippen LogP contribution is -2.44. The highest BCUT2D eigenvalue weighted by Gasteiger charge is 2.35. The Balaban J connectivity index is 1.95. The number of nitrogens with one attached hydrogen (secondary N) is 1. The summed E-state index contributed by atoms with van der Waals surface area (Å²) < 4.78 is 5.42. The van der Waals surface area contributed by atoms with Crippen LogP contribution in [-0.2, 0) is 16.1 Å². The van der Waals surface area contributed by atoms with Gasteiger partial charge < -0.3 is 15.0 Å². The Morgan fingerprint density at radius 1 is 1.47 bits per heavy atom. The first kappa shape index (κ1) is 14.0. The first-order valence-electron chi connectivity index (χ1n) is 6.67. The van der Waals surface area contributed by atoms with E-state index >= 15 is 0 Å². The van der Waals surface area contributed by atoms with Gasteiger partial charge in [0.1, 0.15) is 0 Å². The van der Waals surface area contributed by atoms with E-state index in [-0.39, 0.29) is 17.9 Å². The van der Waals surface area contributed by atoms with Crippen LogP contribution in [0, 0.1) is 5.92 Å². The van der Waals surface area contributed by atoms with Gasteiger partial charge in [-0.3, -0.25) is 9.78 Å². The molecule has 1 aromatic rings. The van der Waals surface area contributed by atoms with Crippen LogP contribution >= 0.6 is 0 Å². The van der Waals surface area contributed by atoms with Crippen molar-refractivity contribution in [2.45, 2.75) is 19.5 Å². The average molecular weight is 263 g/mol. The Hall–Kier alpha value is -1.46. The topological polar surface area (TPSA) is 54.5 Å². The maximum Gasteiger partial charge on any atom is 0.229 e. The first-order valence-corrected chi connectivity index (χ1v) is 6.67. The van der Waals surface area contributed by atoms with E-state index in [4.69, 9.17) is 4.74 Å². The highest BCUT2D eigenvalue weighted by Crippen LogP contribution is 2.17. The molecule has 1 N–H and O–H groups in total. The van der Waals surface area contributed by atoms with Crippen molar-refractivity contribution < 1.29 is 9.53 Å². The molecule has 5 heteroatoms. The Morgan fingerprint density at radius 2 is 2.21 bits per heavy atom. The Bertz CT molecular complexity index is 410. The summed E-state index contributed by atoms with van der Waals surface area (Å²) in [5.41, 5.74) is 1.09. The van der Waals surface area contributed by atoms with Gasteiger partial charge in [-0.25, -0.2) is 0 Å². The van der Waals surface area contributed by atoms with E-state index in [1.54, 1.807) is 17.3 Å². The van der Waals surface area contributed by atoms with Crippen molar-refractivity contribution >= 4 is 5.91 Å². The molecule has 0 radical (unpaired) electrons. The summed E-state index contributed by atoms with van der Waals surface area (Å²) in [6, 6.07) is 3.99. The third-order valence-electron chi connectivity index (χ3n) is 3.41. The number of aromatic nitrogens is 1. The van der Waals surface area contributed by atoms with Crippen molar-refractivity contribution in [2.75, 3.05) is 26.8 Å². The van der Waals surface area contributed by atoms with Crippen LogP contribution in [0.1, 0.15) is 12.5 Å². The van der Waals surface area contributed by atoms with Crippen LogP contribution < -0.4 is 5.32 Å². The molecule has 0 aliphatic carbocycles. The molecular formula is C14H21N3O2. The highest BCUT2D eigenvalue weighted by molar-refractivity contribution is 5.79. The molecule has 0 bridgehead atoms. The first-order chi connectivity index (χ1) is 9.22. The molecule has 0 spiro atoms. The fraction of sp³-hybridized carbons (Fsp3) is 0.571. The van der Waals surface area contributed by atoms with Crippen molar-refractivity contribution in [1.82, 2.24) is 15.2 Å². The van der Waals surface area contributed by atoms with Gasteiger partial charge in [0.15, 0.2) is 0 Å². The minimum absolute atomic E-state index is 0.0770. The van der Waals surface area contributed by atoms with Crippen LogP contribution in [0.25, 0.3) is 0 Å². The van der Waals surface area contributed by atoms with Gasteiger partial charge >= 0.3 is 0 Å². The van der Waals surface area contributed by atoms with Crippen LogP contribution in [0.5, 0.6) is 0 Å². The number of carbonyl (C=O) groups is 1. The molecule has 2 atom stereocenters. The van der Waals surface area contributed by atoms with E-state index < -0.39 is 0 Å². The number of hydrogen-bond donors (Lipinski definition) is 1. The number of ether oxygens (including phenoxy) is 1. The lowest BCUT2D eigenvalue weighted by atomic mass is 10.0. The predicted molar refractivity (Wildman–Crippen MR) is 72.5 cm³/mol. The molecule has 1 saturated heterocycles. The summed E-state index contributed by atoms with van der Waals surface area (Å²) in [4.78, 5) is 18.2. The summed E-state index contributed by atoms with van der Waals surface area (Å²) >= 11 is 0. The number of carbonyl (C=O) groups excluding carboxylic acids is 1. The van der Waals surface area contributed by atoms with Crippen LogP contribution in [0.15, 0.2) is 24.5 Å². The molecule has 19 heavy (non-hydrogen) atoms. The smallest absolute Gasteiger partial charge is 0.229 e. The Labute approximate surface area is 114 Å². The molecule has 1 amide bonds. The second-order valence-electron chi connectivity index (χ2n) is 4.86. The second-order valence-corrected chi connectivity index (χ2v) is 4.86. The molecule has 2 unspecified atom stereocenters. The second kappa shape index (κ2) is 6.63. The molecule has 1 aliphatic heterocycles. The molecule has 104 valence electrons. The van der Waals surface area contributed by atoms with Gasteiger partial charge in [0.2, 0.25) is 5.91 Å². The molecule has 1 aromatic heterocycles. The van der Waals surface area contributed by atoms with Crippen molar-refractivity contribution in [2.24, 2.45) is 5.92 Å². The summed E-state index contributed by atoms with van der Waals surface area (Å²) in [5, 5.41) is 3.31. The third-order valence-corrected chi connectivity index (χ3v) is 3.41. The summed E-state index contributed by atoms with van der Waals surface area (Å²) in [5.74, 6) is 0.0621. The van der Waals surface area contributed by atoms with Crippen LogP contribution in [0.2, 0.25) is 0 Å². The molecule has 5 nitrogen and oxygen atoms in total. The van der Waals surface area contributed by atoms with Crippen molar-refractivity contribution in [3.05, 3.63) is 30.1 Å². The summed E-state index contributed by atoms with van der Waals surface area (Å²) in [6.45, 7) is 4.63.